The average Bonchev–Trinajstić information content (AvgIpc) is 3.39. The lowest BCUT2D eigenvalue weighted by molar-refractivity contribution is 0.0954. The summed E-state index contributed by atoms with van der Waals surface area (Å²) in [6.07, 6.45) is 13.9. The van der Waals surface area contributed by atoms with E-state index in [4.69, 9.17) is 4.74 Å². The molecule has 0 aliphatic carbocycles. The summed E-state index contributed by atoms with van der Waals surface area (Å²) < 4.78 is 5.85. The normalized spacial score (nSPS) is 14.6. The van der Waals surface area contributed by atoms with Crippen molar-refractivity contribution in [2.45, 2.75) is 84.7 Å². The number of nitrogens with zero attached hydrogens (tertiary/aromatic N) is 4. The van der Waals surface area contributed by atoms with Crippen LogP contribution in [0.5, 0.6) is 0 Å². The average molecular weight is 477 g/mol. The van der Waals surface area contributed by atoms with Crippen LogP contribution in [-0.4, -0.2) is 18.7 Å². The minimum absolute atomic E-state index is 0.0781. The number of hydrogen-bond acceptors (Lipinski definition) is 6. The number of allylic oxidation sites excluding steroid dienone is 2. The van der Waals surface area contributed by atoms with Crippen molar-refractivity contribution in [1.82, 2.24) is 0 Å². The predicted octanol–water partition coefficient (Wildman–Crippen LogP) is 7.66. The van der Waals surface area contributed by atoms with Gasteiger partial charge in [-0.05, 0) is 44.9 Å². The number of thiophene rings is 1. The molecule has 0 amide bonds. The highest BCUT2D eigenvalue weighted by Crippen LogP contribution is 2.40. The molecule has 0 spiro atoms. The van der Waals surface area contributed by atoms with Crippen LogP contribution in [0.25, 0.3) is 6.08 Å². The van der Waals surface area contributed by atoms with Crippen molar-refractivity contribution >= 4 is 22.4 Å². The Morgan fingerprint density at radius 1 is 0.941 bits per heavy atom. The van der Waals surface area contributed by atoms with Crippen LogP contribution in [0.3, 0.4) is 0 Å². The third kappa shape index (κ3) is 7.24. The summed E-state index contributed by atoms with van der Waals surface area (Å²) in [5.41, 5.74) is -0.0303. The Kier molecular flexibility index (Phi) is 10.9. The molecule has 2 rings (SSSR count). The lowest BCUT2D eigenvalue weighted by Gasteiger charge is -2.23. The molecule has 0 fully saturated rings. The van der Waals surface area contributed by atoms with Gasteiger partial charge in [-0.1, -0.05) is 58.4 Å². The van der Waals surface area contributed by atoms with Crippen molar-refractivity contribution < 1.29 is 4.74 Å². The number of unbranched alkanes of at least 4 members (excludes halogenated alkanes) is 6. The second-order valence-electron chi connectivity index (χ2n) is 9.06. The van der Waals surface area contributed by atoms with Crippen LogP contribution in [0.1, 0.15) is 83.9 Å². The van der Waals surface area contributed by atoms with Crippen LogP contribution < -0.4 is 4.90 Å². The van der Waals surface area contributed by atoms with Gasteiger partial charge < -0.3 is 9.64 Å². The van der Waals surface area contributed by atoms with Crippen LogP contribution in [0.4, 0.5) is 5.00 Å². The number of anilines is 1. The molecule has 0 unspecified atom stereocenters. The molecule has 0 bridgehead atoms. The number of nitriles is 3. The molecule has 34 heavy (non-hydrogen) atoms. The maximum Gasteiger partial charge on any atom is 0.172 e. The van der Waals surface area contributed by atoms with E-state index in [9.17, 15) is 15.8 Å². The van der Waals surface area contributed by atoms with E-state index in [1.807, 2.05) is 38.1 Å². The fourth-order valence-corrected chi connectivity index (χ4v) is 5.00. The number of ether oxygens (including phenoxy) is 1. The fraction of sp³-hybridized carbons (Fsp3) is 0.536. The summed E-state index contributed by atoms with van der Waals surface area (Å²) in [6.45, 7) is 10.3. The molecule has 1 aromatic rings. The quantitative estimate of drug-likeness (QED) is 0.215. The Morgan fingerprint density at radius 2 is 1.56 bits per heavy atom. The summed E-state index contributed by atoms with van der Waals surface area (Å²) >= 11 is 1.75. The van der Waals surface area contributed by atoms with E-state index < -0.39 is 5.60 Å². The smallest absolute Gasteiger partial charge is 0.172 e. The predicted molar refractivity (Wildman–Crippen MR) is 140 cm³/mol. The summed E-state index contributed by atoms with van der Waals surface area (Å²) in [6, 6.07) is 10.1. The highest BCUT2D eigenvalue weighted by molar-refractivity contribution is 7.16. The summed E-state index contributed by atoms with van der Waals surface area (Å²) in [5, 5.41) is 29.5. The van der Waals surface area contributed by atoms with Crippen molar-refractivity contribution in [3.8, 4) is 18.2 Å². The van der Waals surface area contributed by atoms with Crippen molar-refractivity contribution in [3.63, 3.8) is 0 Å². The van der Waals surface area contributed by atoms with E-state index in [-0.39, 0.29) is 16.9 Å². The van der Waals surface area contributed by atoms with Gasteiger partial charge in [-0.15, -0.1) is 11.3 Å². The lowest BCUT2D eigenvalue weighted by atomic mass is 9.94. The van der Waals surface area contributed by atoms with Crippen LogP contribution in [0.15, 0.2) is 40.7 Å². The Hall–Kier alpha value is -3.01. The molecule has 1 aromatic heterocycles. The molecule has 6 heteroatoms. The minimum Gasteiger partial charge on any atom is -0.480 e. The van der Waals surface area contributed by atoms with Crippen LogP contribution in [0.2, 0.25) is 0 Å². The molecule has 0 N–H and O–H groups in total. The molecule has 1 aliphatic rings. The Morgan fingerprint density at radius 3 is 2.09 bits per heavy atom. The maximum atomic E-state index is 9.72. The Bertz CT molecular complexity index is 1010. The lowest BCUT2D eigenvalue weighted by Crippen LogP contribution is -2.24. The van der Waals surface area contributed by atoms with Crippen molar-refractivity contribution in [2.75, 3.05) is 18.0 Å². The van der Waals surface area contributed by atoms with Crippen molar-refractivity contribution in [1.29, 1.82) is 15.8 Å². The van der Waals surface area contributed by atoms with E-state index in [1.54, 1.807) is 11.3 Å². The third-order valence-electron chi connectivity index (χ3n) is 5.97. The molecule has 5 nitrogen and oxygen atoms in total. The van der Waals surface area contributed by atoms with E-state index in [2.05, 4.69) is 36.9 Å². The highest BCUT2D eigenvalue weighted by Gasteiger charge is 2.38. The third-order valence-corrected chi connectivity index (χ3v) is 7.08. The number of rotatable bonds is 13. The van der Waals surface area contributed by atoms with Crippen molar-refractivity contribution in [3.05, 3.63) is 45.6 Å². The van der Waals surface area contributed by atoms with Crippen molar-refractivity contribution in [2.24, 2.45) is 0 Å². The second-order valence-corrected chi connectivity index (χ2v) is 10.2. The Labute approximate surface area is 209 Å². The topological polar surface area (TPSA) is 83.8 Å². The summed E-state index contributed by atoms with van der Waals surface area (Å²) in [4.78, 5) is 3.61. The molecule has 0 aromatic carbocycles. The standard InChI is InChI=1S/C28H36N4OS/c1-5-7-9-11-17-32(18-12-10-8-6-2)26-16-14-23(34-26)13-15-25-24(21-31)27(22(19-29)20-30)33-28(25,3)4/h13-16H,5-12,17-18H2,1-4H3. The van der Waals surface area contributed by atoms with Gasteiger partial charge in [0, 0.05) is 23.5 Å². The molecule has 0 atom stereocenters. The fourth-order valence-electron chi connectivity index (χ4n) is 4.04. The van der Waals surface area contributed by atoms with E-state index in [1.165, 1.54) is 56.4 Å². The van der Waals surface area contributed by atoms with Gasteiger partial charge in [0.2, 0.25) is 0 Å². The zero-order valence-corrected chi connectivity index (χ0v) is 21.8. The molecular formula is C28H36N4OS. The van der Waals surface area contributed by atoms with Gasteiger partial charge in [-0.25, -0.2) is 0 Å². The van der Waals surface area contributed by atoms with E-state index in [0.717, 1.165) is 18.0 Å². The molecule has 0 radical (unpaired) electrons. The zero-order chi connectivity index (χ0) is 25.0. The highest BCUT2D eigenvalue weighted by atomic mass is 32.1. The van der Waals surface area contributed by atoms with Crippen LogP contribution in [-0.2, 0) is 4.74 Å². The first kappa shape index (κ1) is 27.2. The monoisotopic (exact) mass is 476 g/mol. The van der Waals surface area contributed by atoms with Gasteiger partial charge in [-0.3, -0.25) is 0 Å². The first-order valence-corrected chi connectivity index (χ1v) is 13.1. The second kappa shape index (κ2) is 13.6. The number of hydrogen-bond donors (Lipinski definition) is 0. The first-order valence-electron chi connectivity index (χ1n) is 12.3. The van der Waals surface area contributed by atoms with Gasteiger partial charge in [0.05, 0.1) is 5.00 Å². The van der Waals surface area contributed by atoms with E-state index >= 15 is 0 Å². The molecule has 0 saturated heterocycles. The SMILES string of the molecule is CCCCCCN(CCCCCC)c1ccc(C=CC2=C(C#N)C(=C(C#N)C#N)OC2(C)C)s1. The van der Waals surface area contributed by atoms with Gasteiger partial charge in [-0.2, -0.15) is 15.8 Å². The van der Waals surface area contributed by atoms with Gasteiger partial charge in [0.15, 0.2) is 11.3 Å². The van der Waals surface area contributed by atoms with Gasteiger partial charge in [0.25, 0.3) is 0 Å². The van der Waals surface area contributed by atoms with Gasteiger partial charge in [0.1, 0.15) is 29.4 Å². The molecule has 0 saturated carbocycles. The molecule has 2 heterocycles. The van der Waals surface area contributed by atoms with Crippen LogP contribution >= 0.6 is 11.3 Å². The zero-order valence-electron chi connectivity index (χ0n) is 21.0. The Balaban J connectivity index is 2.24. The molecular weight excluding hydrogens is 440 g/mol. The minimum atomic E-state index is -0.791. The molecule has 180 valence electrons. The summed E-state index contributed by atoms with van der Waals surface area (Å²) in [7, 11) is 0. The molecule has 1 aliphatic heterocycles. The maximum absolute atomic E-state index is 9.72. The summed E-state index contributed by atoms with van der Waals surface area (Å²) in [5.74, 6) is 0.0781. The van der Waals surface area contributed by atoms with E-state index in [0.29, 0.717) is 5.57 Å². The first-order chi connectivity index (χ1) is 16.4. The van der Waals surface area contributed by atoms with Gasteiger partial charge >= 0.3 is 0 Å². The largest absolute Gasteiger partial charge is 0.480 e. The van der Waals surface area contributed by atoms with Crippen LogP contribution in [0, 0.1) is 34.0 Å².